The van der Waals surface area contributed by atoms with Crippen LogP contribution in [0, 0.1) is 0 Å². The fourth-order valence-corrected chi connectivity index (χ4v) is 2.60. The van der Waals surface area contributed by atoms with E-state index in [9.17, 15) is 4.79 Å². The second-order valence-electron chi connectivity index (χ2n) is 4.61. The topological polar surface area (TPSA) is 26.3 Å². The Hall–Kier alpha value is -1.80. The lowest BCUT2D eigenvalue weighted by Gasteiger charge is -2.22. The number of carbonyl (C=O) groups excluding carboxylic acids is 1. The molecule has 0 bridgehead atoms. The van der Waals surface area contributed by atoms with Crippen molar-refractivity contribution in [2.24, 2.45) is 0 Å². The number of carbonyl (C=O) groups is 1. The first-order valence-electron chi connectivity index (χ1n) is 6.53. The van der Waals surface area contributed by atoms with Gasteiger partial charge in [-0.1, -0.05) is 60.7 Å². The molecule has 2 nitrogen and oxygen atoms in total. The van der Waals surface area contributed by atoms with Gasteiger partial charge in [-0.25, -0.2) is 0 Å². The molecule has 0 aliphatic rings. The third-order valence-corrected chi connectivity index (χ3v) is 3.87. The molecular formula is C17H17ClO2. The van der Waals surface area contributed by atoms with Crippen molar-refractivity contribution in [1.29, 1.82) is 0 Å². The second-order valence-corrected chi connectivity index (χ2v) is 5.08. The first-order valence-corrected chi connectivity index (χ1v) is 6.97. The van der Waals surface area contributed by atoms with Crippen molar-refractivity contribution < 1.29 is 9.53 Å². The molecule has 0 saturated heterocycles. The Balaban J connectivity index is 2.29. The highest BCUT2D eigenvalue weighted by molar-refractivity contribution is 6.21. The van der Waals surface area contributed by atoms with Crippen LogP contribution in [0.2, 0.25) is 0 Å². The van der Waals surface area contributed by atoms with Gasteiger partial charge in [0.1, 0.15) is 0 Å². The summed E-state index contributed by atoms with van der Waals surface area (Å²) in [7, 11) is 1.40. The van der Waals surface area contributed by atoms with Crippen LogP contribution in [0.3, 0.4) is 0 Å². The monoisotopic (exact) mass is 288 g/mol. The van der Waals surface area contributed by atoms with Crippen molar-refractivity contribution >= 4 is 17.6 Å². The van der Waals surface area contributed by atoms with Crippen molar-refractivity contribution in [2.75, 3.05) is 7.11 Å². The van der Waals surface area contributed by atoms with E-state index < -0.39 is 0 Å². The molecule has 0 aliphatic carbocycles. The summed E-state index contributed by atoms with van der Waals surface area (Å²) in [6.07, 6.45) is 0.267. The molecule has 0 N–H and O–H groups in total. The number of esters is 1. The van der Waals surface area contributed by atoms with Crippen LogP contribution >= 0.6 is 11.6 Å². The van der Waals surface area contributed by atoms with Crippen LogP contribution in [-0.4, -0.2) is 13.1 Å². The van der Waals surface area contributed by atoms with Gasteiger partial charge >= 0.3 is 5.97 Å². The SMILES string of the molecule is COC(=O)CC(c1ccccc1)C(Cl)c1ccccc1. The third-order valence-electron chi connectivity index (χ3n) is 3.31. The van der Waals surface area contributed by atoms with E-state index in [1.165, 1.54) is 7.11 Å². The fourth-order valence-electron chi connectivity index (χ4n) is 2.22. The highest BCUT2D eigenvalue weighted by Crippen LogP contribution is 2.38. The number of rotatable bonds is 5. The Labute approximate surface area is 124 Å². The molecule has 2 unspecified atom stereocenters. The summed E-state index contributed by atoms with van der Waals surface area (Å²) in [5.74, 6) is -0.354. The van der Waals surface area contributed by atoms with Gasteiger partial charge in [-0.2, -0.15) is 0 Å². The Morgan fingerprint density at radius 2 is 1.50 bits per heavy atom. The zero-order valence-corrected chi connectivity index (χ0v) is 12.1. The highest BCUT2D eigenvalue weighted by atomic mass is 35.5. The first kappa shape index (κ1) is 14.6. The van der Waals surface area contributed by atoms with E-state index in [0.29, 0.717) is 0 Å². The second kappa shape index (κ2) is 7.11. The maximum absolute atomic E-state index is 11.7. The Morgan fingerprint density at radius 1 is 1.00 bits per heavy atom. The maximum atomic E-state index is 11.7. The summed E-state index contributed by atoms with van der Waals surface area (Å²) in [4.78, 5) is 11.7. The van der Waals surface area contributed by atoms with Gasteiger partial charge in [0, 0.05) is 5.92 Å². The molecule has 104 valence electrons. The van der Waals surface area contributed by atoms with Crippen LogP contribution < -0.4 is 0 Å². The molecule has 2 atom stereocenters. The smallest absolute Gasteiger partial charge is 0.306 e. The maximum Gasteiger partial charge on any atom is 0.306 e. The van der Waals surface area contributed by atoms with Crippen molar-refractivity contribution in [2.45, 2.75) is 17.7 Å². The number of hydrogen-bond acceptors (Lipinski definition) is 2. The predicted octanol–water partition coefficient (Wildman–Crippen LogP) is 4.31. The molecule has 0 fully saturated rings. The van der Waals surface area contributed by atoms with Gasteiger partial charge < -0.3 is 4.74 Å². The van der Waals surface area contributed by atoms with Crippen LogP contribution in [-0.2, 0) is 9.53 Å². The summed E-state index contributed by atoms with van der Waals surface area (Å²) >= 11 is 6.60. The minimum absolute atomic E-state index is 0.104. The number of alkyl halides is 1. The minimum Gasteiger partial charge on any atom is -0.469 e. The number of benzene rings is 2. The lowest BCUT2D eigenvalue weighted by molar-refractivity contribution is -0.141. The van der Waals surface area contributed by atoms with Crippen molar-refractivity contribution in [3.05, 3.63) is 71.8 Å². The van der Waals surface area contributed by atoms with Crippen LogP contribution in [0.1, 0.15) is 28.8 Å². The van der Waals surface area contributed by atoms with Gasteiger partial charge in [0.15, 0.2) is 0 Å². The summed E-state index contributed by atoms with van der Waals surface area (Å²) in [6.45, 7) is 0. The highest BCUT2D eigenvalue weighted by Gasteiger charge is 2.25. The van der Waals surface area contributed by atoms with Gasteiger partial charge in [-0.15, -0.1) is 11.6 Å². The van der Waals surface area contributed by atoms with E-state index in [0.717, 1.165) is 11.1 Å². The molecule has 2 aromatic carbocycles. The van der Waals surface area contributed by atoms with E-state index in [4.69, 9.17) is 16.3 Å². The van der Waals surface area contributed by atoms with E-state index in [1.54, 1.807) is 0 Å². The van der Waals surface area contributed by atoms with E-state index in [2.05, 4.69) is 0 Å². The first-order chi connectivity index (χ1) is 9.72. The molecule has 20 heavy (non-hydrogen) atoms. The van der Waals surface area contributed by atoms with Gasteiger partial charge in [0.2, 0.25) is 0 Å². The number of ether oxygens (including phenoxy) is 1. The van der Waals surface area contributed by atoms with Crippen LogP contribution in [0.15, 0.2) is 60.7 Å². The zero-order valence-electron chi connectivity index (χ0n) is 11.3. The van der Waals surface area contributed by atoms with Crippen molar-refractivity contribution in [1.82, 2.24) is 0 Å². The number of halogens is 1. The van der Waals surface area contributed by atoms with Crippen molar-refractivity contribution in [3.63, 3.8) is 0 Å². The quantitative estimate of drug-likeness (QED) is 0.605. The predicted molar refractivity (Wildman–Crippen MR) is 80.9 cm³/mol. The van der Waals surface area contributed by atoms with Gasteiger partial charge in [-0.05, 0) is 11.1 Å². The Bertz CT molecular complexity index is 539. The molecule has 0 amide bonds. The lowest BCUT2D eigenvalue weighted by atomic mass is 9.89. The minimum atomic E-state index is -0.266. The number of hydrogen-bond donors (Lipinski definition) is 0. The third kappa shape index (κ3) is 3.61. The summed E-state index contributed by atoms with van der Waals surface area (Å²) in [5.41, 5.74) is 2.05. The lowest BCUT2D eigenvalue weighted by Crippen LogP contribution is -2.13. The number of methoxy groups -OCH3 is 1. The molecule has 2 rings (SSSR count). The van der Waals surface area contributed by atoms with E-state index >= 15 is 0 Å². The molecule has 0 aromatic heterocycles. The summed E-state index contributed by atoms with van der Waals surface area (Å²) < 4.78 is 4.79. The molecule has 0 heterocycles. The van der Waals surface area contributed by atoms with Crippen molar-refractivity contribution in [3.8, 4) is 0 Å². The molecule has 0 saturated carbocycles. The Kier molecular flexibility index (Phi) is 5.19. The molecule has 2 aromatic rings. The van der Waals surface area contributed by atoms with E-state index in [-0.39, 0.29) is 23.7 Å². The largest absolute Gasteiger partial charge is 0.469 e. The molecule has 0 spiro atoms. The van der Waals surface area contributed by atoms with Crippen LogP contribution in [0.25, 0.3) is 0 Å². The van der Waals surface area contributed by atoms with Gasteiger partial charge in [0.05, 0.1) is 18.9 Å². The summed E-state index contributed by atoms with van der Waals surface area (Å²) in [6, 6.07) is 19.6. The molecule has 0 aliphatic heterocycles. The van der Waals surface area contributed by atoms with E-state index in [1.807, 2.05) is 60.7 Å². The molecule has 0 radical (unpaired) electrons. The van der Waals surface area contributed by atoms with Crippen LogP contribution in [0.5, 0.6) is 0 Å². The molecular weight excluding hydrogens is 272 g/mol. The standard InChI is InChI=1S/C17H17ClO2/c1-20-16(19)12-15(13-8-4-2-5-9-13)17(18)14-10-6-3-7-11-14/h2-11,15,17H,12H2,1H3. The zero-order chi connectivity index (χ0) is 14.4. The summed E-state index contributed by atoms with van der Waals surface area (Å²) in [5, 5.41) is -0.266. The van der Waals surface area contributed by atoms with Crippen LogP contribution in [0.4, 0.5) is 0 Å². The average molecular weight is 289 g/mol. The average Bonchev–Trinajstić information content (AvgIpc) is 2.53. The van der Waals surface area contributed by atoms with Gasteiger partial charge in [-0.3, -0.25) is 4.79 Å². The normalized spacial score (nSPS) is 13.5. The fraction of sp³-hybridized carbons (Fsp3) is 0.235. The van der Waals surface area contributed by atoms with Gasteiger partial charge in [0.25, 0.3) is 0 Å². The Morgan fingerprint density at radius 3 is 2.00 bits per heavy atom. The molecule has 3 heteroatoms.